The van der Waals surface area contributed by atoms with Crippen molar-refractivity contribution in [1.29, 1.82) is 0 Å². The van der Waals surface area contributed by atoms with E-state index in [1.807, 2.05) is 0 Å². The van der Waals surface area contributed by atoms with Crippen LogP contribution >= 0.6 is 0 Å². The van der Waals surface area contributed by atoms with Gasteiger partial charge >= 0.3 is 0 Å². The molecule has 0 atom stereocenters. The maximum absolute atomic E-state index is 4.26. The number of rotatable bonds is 5. The number of hydrogen-bond acceptors (Lipinski definition) is 7. The van der Waals surface area contributed by atoms with Crippen molar-refractivity contribution < 1.29 is 0 Å². The van der Waals surface area contributed by atoms with E-state index in [0.717, 1.165) is 31.9 Å². The summed E-state index contributed by atoms with van der Waals surface area (Å²) in [6, 6.07) is 9.04. The normalized spacial score (nSPS) is 15.6. The zero-order chi connectivity index (χ0) is 16.9. The molecule has 24 heavy (non-hydrogen) atoms. The monoisotopic (exact) mass is 327 g/mol. The van der Waals surface area contributed by atoms with Crippen LogP contribution in [0.5, 0.6) is 0 Å². The number of hydrogen-bond donors (Lipinski definition) is 2. The minimum atomic E-state index is 0.535. The van der Waals surface area contributed by atoms with Crippen LogP contribution in [0, 0.1) is 0 Å². The molecule has 1 aliphatic heterocycles. The molecule has 1 saturated heterocycles. The van der Waals surface area contributed by atoms with Crippen LogP contribution in [0.3, 0.4) is 0 Å². The number of piperazine rings is 1. The topological polar surface area (TPSA) is 69.2 Å². The molecule has 1 aromatic carbocycles. The maximum atomic E-state index is 4.26. The fraction of sp³-hybridized carbons (Fsp3) is 0.471. The highest BCUT2D eigenvalue weighted by Gasteiger charge is 2.18. The fourth-order valence-electron chi connectivity index (χ4n) is 2.86. The van der Waals surface area contributed by atoms with E-state index in [9.17, 15) is 0 Å². The Bertz CT molecular complexity index is 648. The molecule has 2 aromatic rings. The zero-order valence-electron chi connectivity index (χ0n) is 14.5. The van der Waals surface area contributed by atoms with Gasteiger partial charge in [0.1, 0.15) is 6.33 Å². The van der Waals surface area contributed by atoms with Crippen LogP contribution in [0.25, 0.3) is 0 Å². The van der Waals surface area contributed by atoms with Gasteiger partial charge in [-0.05, 0) is 38.1 Å². The summed E-state index contributed by atoms with van der Waals surface area (Å²) in [5.41, 5.74) is 2.23. The molecule has 1 aliphatic rings. The van der Waals surface area contributed by atoms with Crippen molar-refractivity contribution in [1.82, 2.24) is 19.9 Å². The molecule has 0 radical (unpaired) electrons. The predicted molar refractivity (Wildman–Crippen MR) is 98.0 cm³/mol. The van der Waals surface area contributed by atoms with Crippen molar-refractivity contribution >= 4 is 23.3 Å². The van der Waals surface area contributed by atoms with Gasteiger partial charge in [0, 0.05) is 50.6 Å². The van der Waals surface area contributed by atoms with Gasteiger partial charge in [0.25, 0.3) is 0 Å². The summed E-state index contributed by atoms with van der Waals surface area (Å²) >= 11 is 0. The molecule has 7 heteroatoms. The van der Waals surface area contributed by atoms with E-state index in [1.54, 1.807) is 7.05 Å². The van der Waals surface area contributed by atoms with Crippen molar-refractivity contribution in [2.75, 3.05) is 48.8 Å². The zero-order valence-corrected chi connectivity index (χ0v) is 14.5. The summed E-state index contributed by atoms with van der Waals surface area (Å²) in [7, 11) is 1.78. The molecule has 3 rings (SSSR count). The van der Waals surface area contributed by atoms with Gasteiger partial charge in [-0.15, -0.1) is 0 Å². The summed E-state index contributed by atoms with van der Waals surface area (Å²) in [5.74, 6) is 1.08. The highest BCUT2D eigenvalue weighted by Crippen LogP contribution is 2.21. The van der Waals surface area contributed by atoms with Gasteiger partial charge < -0.3 is 15.5 Å². The van der Waals surface area contributed by atoms with Gasteiger partial charge in [-0.2, -0.15) is 4.98 Å². The number of anilines is 4. The Balaban J connectivity index is 1.61. The lowest BCUT2D eigenvalue weighted by Crippen LogP contribution is -2.48. The first-order chi connectivity index (χ1) is 11.7. The third-order valence-electron chi connectivity index (χ3n) is 4.33. The minimum Gasteiger partial charge on any atom is -0.369 e. The molecule has 7 nitrogen and oxygen atoms in total. The average molecular weight is 327 g/mol. The Labute approximate surface area is 143 Å². The van der Waals surface area contributed by atoms with Crippen LogP contribution in [0.4, 0.5) is 23.3 Å². The summed E-state index contributed by atoms with van der Waals surface area (Å²) < 4.78 is 0. The van der Waals surface area contributed by atoms with Crippen LogP contribution in [0.15, 0.2) is 30.6 Å². The summed E-state index contributed by atoms with van der Waals surface area (Å²) in [5, 5.41) is 6.11. The first-order valence-corrected chi connectivity index (χ1v) is 8.38. The van der Waals surface area contributed by atoms with Gasteiger partial charge in [0.05, 0.1) is 0 Å². The largest absolute Gasteiger partial charge is 0.369 e. The van der Waals surface area contributed by atoms with Gasteiger partial charge in [0.2, 0.25) is 11.9 Å². The van der Waals surface area contributed by atoms with E-state index in [4.69, 9.17) is 0 Å². The summed E-state index contributed by atoms with van der Waals surface area (Å²) in [6.07, 6.45) is 1.49. The SMILES string of the molecule is CNc1ncnc(Nc2ccc(N3CCN(C(C)C)CC3)cc2)n1. The van der Waals surface area contributed by atoms with E-state index >= 15 is 0 Å². The Morgan fingerprint density at radius 1 is 0.958 bits per heavy atom. The van der Waals surface area contributed by atoms with Gasteiger partial charge in [-0.25, -0.2) is 9.97 Å². The van der Waals surface area contributed by atoms with Crippen LogP contribution in [-0.2, 0) is 0 Å². The van der Waals surface area contributed by atoms with E-state index in [1.165, 1.54) is 12.0 Å². The number of benzene rings is 1. The first kappa shape index (κ1) is 16.4. The molecule has 0 spiro atoms. The molecule has 2 N–H and O–H groups in total. The first-order valence-electron chi connectivity index (χ1n) is 8.38. The molecule has 1 aromatic heterocycles. The van der Waals surface area contributed by atoms with E-state index in [0.29, 0.717) is 17.9 Å². The summed E-state index contributed by atoms with van der Waals surface area (Å²) in [6.45, 7) is 8.91. The van der Waals surface area contributed by atoms with Crippen LogP contribution in [-0.4, -0.2) is 59.1 Å². The second-order valence-corrected chi connectivity index (χ2v) is 6.17. The van der Waals surface area contributed by atoms with Crippen molar-refractivity contribution in [2.24, 2.45) is 0 Å². The summed E-state index contributed by atoms with van der Waals surface area (Å²) in [4.78, 5) is 17.4. The Morgan fingerprint density at radius 2 is 1.62 bits per heavy atom. The smallest absolute Gasteiger partial charge is 0.231 e. The lowest BCUT2D eigenvalue weighted by molar-refractivity contribution is 0.209. The molecule has 2 heterocycles. The molecule has 0 aliphatic carbocycles. The molecule has 0 bridgehead atoms. The minimum absolute atomic E-state index is 0.535. The van der Waals surface area contributed by atoms with Crippen molar-refractivity contribution in [3.63, 3.8) is 0 Å². The number of nitrogens with zero attached hydrogens (tertiary/aromatic N) is 5. The van der Waals surface area contributed by atoms with Crippen LogP contribution in [0.1, 0.15) is 13.8 Å². The van der Waals surface area contributed by atoms with Crippen molar-refractivity contribution in [3.8, 4) is 0 Å². The highest BCUT2D eigenvalue weighted by atomic mass is 15.3. The lowest BCUT2D eigenvalue weighted by Gasteiger charge is -2.38. The second kappa shape index (κ2) is 7.44. The molecule has 128 valence electrons. The van der Waals surface area contributed by atoms with Crippen molar-refractivity contribution in [2.45, 2.75) is 19.9 Å². The molecular formula is C17H25N7. The Hall–Kier alpha value is -2.41. The maximum Gasteiger partial charge on any atom is 0.231 e. The highest BCUT2D eigenvalue weighted by molar-refractivity contribution is 5.59. The van der Waals surface area contributed by atoms with Crippen molar-refractivity contribution in [3.05, 3.63) is 30.6 Å². The number of aromatic nitrogens is 3. The number of nitrogens with one attached hydrogen (secondary N) is 2. The third kappa shape index (κ3) is 3.91. The predicted octanol–water partition coefficient (Wildman–Crippen LogP) is 2.19. The van der Waals surface area contributed by atoms with Gasteiger partial charge in [-0.3, -0.25) is 4.90 Å². The van der Waals surface area contributed by atoms with E-state index in [-0.39, 0.29) is 0 Å². The van der Waals surface area contributed by atoms with E-state index in [2.05, 4.69) is 73.5 Å². The Kier molecular flexibility index (Phi) is 5.10. The molecule has 0 unspecified atom stereocenters. The molecule has 0 amide bonds. The fourth-order valence-corrected chi connectivity index (χ4v) is 2.86. The third-order valence-corrected chi connectivity index (χ3v) is 4.33. The standard InChI is InChI=1S/C17H25N7/c1-13(2)23-8-10-24(11-9-23)15-6-4-14(5-7-15)21-17-20-12-19-16(18-3)22-17/h4-7,12-13H,8-11H2,1-3H3,(H2,18,19,20,21,22). The van der Waals surface area contributed by atoms with Gasteiger partial charge in [0.15, 0.2) is 0 Å². The molecule has 0 saturated carbocycles. The lowest BCUT2D eigenvalue weighted by atomic mass is 10.2. The Morgan fingerprint density at radius 3 is 2.25 bits per heavy atom. The average Bonchev–Trinajstić information content (AvgIpc) is 2.62. The van der Waals surface area contributed by atoms with Crippen LogP contribution in [0.2, 0.25) is 0 Å². The van der Waals surface area contributed by atoms with Crippen LogP contribution < -0.4 is 15.5 Å². The molecule has 1 fully saturated rings. The van der Waals surface area contributed by atoms with E-state index < -0.39 is 0 Å². The second-order valence-electron chi connectivity index (χ2n) is 6.17. The van der Waals surface area contributed by atoms with Gasteiger partial charge in [-0.1, -0.05) is 0 Å². The quantitative estimate of drug-likeness (QED) is 0.872. The molecular weight excluding hydrogens is 302 g/mol.